The Morgan fingerprint density at radius 1 is 0.627 bits per heavy atom. The highest BCUT2D eigenvalue weighted by molar-refractivity contribution is 7.95. The fourth-order valence-corrected chi connectivity index (χ4v) is 10.1. The smallest absolute Gasteiger partial charge is 0.357 e. The normalized spacial score (nSPS) is 11.9. The van der Waals surface area contributed by atoms with E-state index in [-0.39, 0.29) is 34.4 Å². The van der Waals surface area contributed by atoms with Crippen LogP contribution in [0.3, 0.4) is 0 Å². The number of hydrogen-bond donors (Lipinski definition) is 4. The summed E-state index contributed by atoms with van der Waals surface area (Å²) in [6.07, 6.45) is 2.71. The van der Waals surface area contributed by atoms with Crippen LogP contribution < -0.4 is 22.1 Å². The van der Waals surface area contributed by atoms with Crippen molar-refractivity contribution in [3.8, 4) is 22.5 Å². The van der Waals surface area contributed by atoms with Gasteiger partial charge in [0.05, 0.1) is 23.8 Å². The lowest BCUT2D eigenvalue weighted by molar-refractivity contribution is 0.101. The number of aryl methyl sites for hydroxylation is 2. The predicted molar refractivity (Wildman–Crippen MR) is 212 cm³/mol. The third-order valence-corrected chi connectivity index (χ3v) is 13.6. The van der Waals surface area contributed by atoms with Crippen LogP contribution in [0.2, 0.25) is 0 Å². The molecule has 0 saturated carbocycles. The number of rotatable bonds is 12. The Hall–Kier alpha value is -6.51. The number of halogens is 2. The maximum absolute atomic E-state index is 15.2. The van der Waals surface area contributed by atoms with Crippen LogP contribution in [0, 0.1) is 25.5 Å². The molecule has 22 heteroatoms. The first-order valence-electron chi connectivity index (χ1n) is 16.8. The van der Waals surface area contributed by atoms with Crippen molar-refractivity contribution in [1.82, 2.24) is 19.9 Å². The van der Waals surface area contributed by atoms with E-state index in [9.17, 15) is 31.0 Å². The van der Waals surface area contributed by atoms with Crippen LogP contribution in [0.4, 0.5) is 31.8 Å². The minimum Gasteiger partial charge on any atom is -0.382 e. The number of anilines is 4. The molecule has 0 atom stereocenters. The van der Waals surface area contributed by atoms with Crippen LogP contribution >= 0.6 is 7.60 Å². The molecule has 2 aromatic heterocycles. The highest BCUT2D eigenvalue weighted by Gasteiger charge is 2.37. The quantitative estimate of drug-likeness (QED) is 0.101. The molecule has 0 bridgehead atoms. The van der Waals surface area contributed by atoms with Gasteiger partial charge in [0.2, 0.25) is 0 Å². The van der Waals surface area contributed by atoms with Crippen LogP contribution in [0.1, 0.15) is 32.1 Å². The lowest BCUT2D eigenvalue weighted by Gasteiger charge is -2.15. The van der Waals surface area contributed by atoms with Gasteiger partial charge in [-0.3, -0.25) is 14.2 Å². The summed E-state index contributed by atoms with van der Waals surface area (Å²) < 4.78 is 104. The molecule has 0 aliphatic carbocycles. The van der Waals surface area contributed by atoms with Crippen molar-refractivity contribution in [2.45, 2.75) is 23.6 Å². The van der Waals surface area contributed by atoms with Gasteiger partial charge in [-0.05, 0) is 50.2 Å². The van der Waals surface area contributed by atoms with E-state index in [1.165, 1.54) is 12.4 Å². The van der Waals surface area contributed by atoms with Gasteiger partial charge in [-0.1, -0.05) is 59.7 Å². The van der Waals surface area contributed by atoms with Crippen molar-refractivity contribution in [3.05, 3.63) is 131 Å². The molecule has 0 saturated heterocycles. The first kappa shape index (κ1) is 42.1. The van der Waals surface area contributed by atoms with E-state index in [1.54, 1.807) is 24.3 Å². The van der Waals surface area contributed by atoms with Crippen molar-refractivity contribution < 1.29 is 47.7 Å². The number of nitrogens with zero attached hydrogens (tertiary/aromatic N) is 4. The highest BCUT2D eigenvalue weighted by atomic mass is 32.2. The maximum Gasteiger partial charge on any atom is 0.357 e. The third-order valence-electron chi connectivity index (χ3n) is 8.11. The van der Waals surface area contributed by atoms with Crippen LogP contribution in [-0.2, 0) is 32.7 Å². The molecule has 0 radical (unpaired) electrons. The molecule has 2 heterocycles. The Bertz CT molecular complexity index is 2730. The zero-order valence-electron chi connectivity index (χ0n) is 30.9. The van der Waals surface area contributed by atoms with E-state index < -0.39 is 61.1 Å². The van der Waals surface area contributed by atoms with Gasteiger partial charge in [0, 0.05) is 29.2 Å². The van der Waals surface area contributed by atoms with Gasteiger partial charge in [-0.2, -0.15) is 24.8 Å². The molecule has 304 valence electrons. The summed E-state index contributed by atoms with van der Waals surface area (Å²) in [6.45, 7) is 4.21. The number of benzene rings is 4. The Morgan fingerprint density at radius 3 is 1.32 bits per heavy atom. The number of carbonyl (C=O) groups is 2. The summed E-state index contributed by atoms with van der Waals surface area (Å²) in [6, 6.07) is 18.6. The molecule has 4 aromatic carbocycles. The van der Waals surface area contributed by atoms with Gasteiger partial charge < -0.3 is 22.1 Å². The Kier molecular flexibility index (Phi) is 11.7. The van der Waals surface area contributed by atoms with Gasteiger partial charge in [-0.25, -0.2) is 28.7 Å². The second-order valence-corrected chi connectivity index (χ2v) is 18.2. The van der Waals surface area contributed by atoms with E-state index in [2.05, 4.69) is 38.5 Å². The molecular formula is C37H31F2N8O9PS2. The summed E-state index contributed by atoms with van der Waals surface area (Å²) >= 11 is 0. The van der Waals surface area contributed by atoms with E-state index in [1.807, 2.05) is 38.1 Å². The van der Waals surface area contributed by atoms with Crippen LogP contribution in [0.5, 0.6) is 0 Å². The fourth-order valence-electron chi connectivity index (χ4n) is 5.25. The lowest BCUT2D eigenvalue weighted by Crippen LogP contribution is -2.18. The molecule has 2 amide bonds. The van der Waals surface area contributed by atoms with E-state index in [4.69, 9.17) is 11.5 Å². The summed E-state index contributed by atoms with van der Waals surface area (Å²) in [5, 5.41) is 4.64. The average molecular weight is 865 g/mol. The van der Waals surface area contributed by atoms with Crippen molar-refractivity contribution in [1.29, 1.82) is 0 Å². The molecule has 0 aliphatic rings. The van der Waals surface area contributed by atoms with E-state index in [0.717, 1.165) is 23.3 Å². The maximum atomic E-state index is 15.2. The minimum atomic E-state index is -5.37. The zero-order valence-corrected chi connectivity index (χ0v) is 33.4. The third kappa shape index (κ3) is 9.79. The topological polar surface area (TPSA) is 266 Å². The molecule has 17 nitrogen and oxygen atoms in total. The van der Waals surface area contributed by atoms with Gasteiger partial charge in [-0.15, -0.1) is 0 Å². The molecular weight excluding hydrogens is 834 g/mol. The summed E-state index contributed by atoms with van der Waals surface area (Å²) in [5.41, 5.74) is 14.4. The molecule has 6 rings (SSSR count). The largest absolute Gasteiger partial charge is 0.382 e. The van der Waals surface area contributed by atoms with Gasteiger partial charge >= 0.3 is 27.8 Å². The van der Waals surface area contributed by atoms with Crippen molar-refractivity contribution >= 4 is 62.7 Å². The van der Waals surface area contributed by atoms with Gasteiger partial charge in [0.15, 0.2) is 23.0 Å². The molecule has 0 fully saturated rings. The summed E-state index contributed by atoms with van der Waals surface area (Å²) in [5.74, 6) is -5.37. The summed E-state index contributed by atoms with van der Waals surface area (Å²) in [4.78, 5) is 40.0. The minimum absolute atomic E-state index is 0.250. The first-order chi connectivity index (χ1) is 27.7. The zero-order chi connectivity index (χ0) is 42.9. The average Bonchev–Trinajstić information content (AvgIpc) is 3.15. The second kappa shape index (κ2) is 16.4. The molecule has 6 aromatic rings. The number of carbonyl (C=O) groups excluding carboxylic acids is 2. The monoisotopic (exact) mass is 864 g/mol. The summed E-state index contributed by atoms with van der Waals surface area (Å²) in [7, 11) is -16.0. The number of nitrogens with one attached hydrogen (secondary N) is 2. The van der Waals surface area contributed by atoms with Gasteiger partial charge in [0.1, 0.15) is 21.4 Å². The van der Waals surface area contributed by atoms with E-state index >= 15 is 8.78 Å². The number of nitrogens with two attached hydrogens (primary N) is 2. The highest BCUT2D eigenvalue weighted by Crippen LogP contribution is 2.50. The molecule has 0 unspecified atom stereocenters. The standard InChI is InChI=1S/C37H31F2N8O9PS2/c1-20-4-8-22(9-5-20)28-18-42-34(40)32(46-28)36(48)44-24-12-14-30(26(38)16-24)58(51,52)55-57(3,50)56-59(53,54)31-15-13-25(17-27(31)39)45-37(49)33-35(41)43-19-29(47-33)23-10-6-21(2)7-11-23/h4-19H,1-3H3,(H2,40,42)(H2,41,43)(H,44,48)(H,45,49). The van der Waals surface area contributed by atoms with Crippen LogP contribution in [0.25, 0.3) is 22.5 Å². The Balaban J connectivity index is 1.12. The Labute approximate surface area is 335 Å². The van der Waals surface area contributed by atoms with Crippen LogP contribution in [-0.4, -0.2) is 55.3 Å². The number of hydrogen-bond acceptors (Lipinski definition) is 15. The number of amides is 2. The molecule has 6 N–H and O–H groups in total. The van der Waals surface area contributed by atoms with Crippen molar-refractivity contribution in [2.75, 3.05) is 28.8 Å². The number of nitrogen functional groups attached to an aromatic ring is 2. The molecule has 0 spiro atoms. The van der Waals surface area contributed by atoms with Crippen molar-refractivity contribution in [2.24, 2.45) is 0 Å². The second-order valence-electron chi connectivity index (χ2n) is 12.7. The van der Waals surface area contributed by atoms with Gasteiger partial charge in [0.25, 0.3) is 11.8 Å². The van der Waals surface area contributed by atoms with E-state index in [0.29, 0.717) is 53.4 Å². The Morgan fingerprint density at radius 2 is 0.983 bits per heavy atom. The SMILES string of the molecule is Cc1ccc(-c2cnc(N)c(C(=O)Nc3ccc(S(=O)(=O)OP(C)(=O)OS(=O)(=O)c4ccc(NC(=O)c5nc(-c6ccc(C)cc6)cnc5N)cc4F)c(F)c3)n2)cc1. The van der Waals surface area contributed by atoms with Crippen LogP contribution in [0.15, 0.2) is 107 Å². The molecule has 0 aliphatic heterocycles. The van der Waals surface area contributed by atoms with Crippen molar-refractivity contribution in [3.63, 3.8) is 0 Å². The lowest BCUT2D eigenvalue weighted by atomic mass is 10.1. The number of aromatic nitrogens is 4. The first-order valence-corrected chi connectivity index (χ1v) is 21.6. The predicted octanol–water partition coefficient (Wildman–Crippen LogP) is 6.10. The fraction of sp³-hybridized carbons (Fsp3) is 0.0811. The molecule has 59 heavy (non-hydrogen) atoms.